The zero-order valence-corrected chi connectivity index (χ0v) is 24.0. The molecule has 0 spiro atoms. The van der Waals surface area contributed by atoms with Gasteiger partial charge in [0.1, 0.15) is 0 Å². The van der Waals surface area contributed by atoms with E-state index in [9.17, 15) is 19.5 Å². The molecule has 1 N–H and O–H groups in total. The molecule has 3 heterocycles. The maximum atomic E-state index is 13.6. The SMILES string of the molecule is CCCCN(CCCC)C(=O)CN1C[C@H](c2ccc3c(c2)OCO3)[C@@H](C(=O)O)[C@@H]1CCN1CC(C)(C)CC1=O. The summed E-state index contributed by atoms with van der Waals surface area (Å²) in [4.78, 5) is 44.9. The fourth-order valence-electron chi connectivity index (χ4n) is 6.34. The minimum atomic E-state index is -0.875. The van der Waals surface area contributed by atoms with Crippen LogP contribution in [0.15, 0.2) is 18.2 Å². The number of rotatable bonds is 13. The van der Waals surface area contributed by atoms with Crippen LogP contribution in [0.3, 0.4) is 0 Å². The minimum Gasteiger partial charge on any atom is -0.481 e. The van der Waals surface area contributed by atoms with Crippen LogP contribution in [-0.2, 0) is 14.4 Å². The highest BCUT2D eigenvalue weighted by molar-refractivity contribution is 5.80. The zero-order chi connectivity index (χ0) is 28.2. The van der Waals surface area contributed by atoms with Crippen LogP contribution in [0.4, 0.5) is 0 Å². The molecule has 0 bridgehead atoms. The molecule has 2 fully saturated rings. The predicted octanol–water partition coefficient (Wildman–Crippen LogP) is 3.96. The molecule has 216 valence electrons. The maximum absolute atomic E-state index is 13.6. The third-order valence-corrected chi connectivity index (χ3v) is 8.41. The average molecular weight is 544 g/mol. The van der Waals surface area contributed by atoms with Gasteiger partial charge in [-0.15, -0.1) is 0 Å². The number of carboxylic acids is 1. The summed E-state index contributed by atoms with van der Waals surface area (Å²) >= 11 is 0. The van der Waals surface area contributed by atoms with E-state index >= 15 is 0 Å². The van der Waals surface area contributed by atoms with E-state index in [2.05, 4.69) is 32.6 Å². The second-order valence-electron chi connectivity index (χ2n) is 12.1. The Balaban J connectivity index is 1.58. The lowest BCUT2D eigenvalue weighted by molar-refractivity contribution is -0.144. The Morgan fingerprint density at radius 2 is 1.79 bits per heavy atom. The van der Waals surface area contributed by atoms with Crippen molar-refractivity contribution in [2.45, 2.75) is 78.2 Å². The molecule has 2 saturated heterocycles. The van der Waals surface area contributed by atoms with E-state index in [-0.39, 0.29) is 42.5 Å². The first kappa shape index (κ1) is 29.2. The van der Waals surface area contributed by atoms with Crippen LogP contribution in [0.5, 0.6) is 11.5 Å². The van der Waals surface area contributed by atoms with Crippen molar-refractivity contribution in [3.8, 4) is 11.5 Å². The van der Waals surface area contributed by atoms with Crippen LogP contribution in [0.2, 0.25) is 0 Å². The van der Waals surface area contributed by atoms with Crippen LogP contribution < -0.4 is 9.47 Å². The number of unbranched alkanes of at least 4 members (excludes halogenated alkanes) is 2. The number of ether oxygens (including phenoxy) is 2. The number of benzene rings is 1. The second kappa shape index (κ2) is 12.6. The number of carboxylic acid groups (broad SMARTS) is 1. The van der Waals surface area contributed by atoms with Gasteiger partial charge >= 0.3 is 5.97 Å². The molecule has 2 amide bonds. The van der Waals surface area contributed by atoms with Crippen LogP contribution in [-0.4, -0.2) is 89.7 Å². The van der Waals surface area contributed by atoms with Crippen LogP contribution in [0.1, 0.15) is 77.7 Å². The van der Waals surface area contributed by atoms with E-state index in [0.29, 0.717) is 44.0 Å². The Kier molecular flexibility index (Phi) is 9.41. The standard InChI is InChI=1S/C30H45N3O6/c1-5-7-12-31(13-8-6-2)27(35)18-33-17-22(21-9-10-24-25(15-21)39-20-38-24)28(29(36)37)23(33)11-14-32-19-30(3,4)16-26(32)34/h9-10,15,22-23,28H,5-8,11-14,16-20H2,1-4H3,(H,36,37)/t22-,23+,28-/m1/s1. The second-order valence-corrected chi connectivity index (χ2v) is 12.1. The van der Waals surface area contributed by atoms with E-state index in [1.807, 2.05) is 28.0 Å². The van der Waals surface area contributed by atoms with Gasteiger partial charge in [-0.1, -0.05) is 46.6 Å². The van der Waals surface area contributed by atoms with Gasteiger partial charge in [-0.25, -0.2) is 0 Å². The number of aliphatic carboxylic acids is 1. The molecular formula is C30H45N3O6. The molecule has 1 aromatic rings. The van der Waals surface area contributed by atoms with E-state index in [0.717, 1.165) is 44.3 Å². The van der Waals surface area contributed by atoms with E-state index in [1.54, 1.807) is 0 Å². The lowest BCUT2D eigenvalue weighted by Gasteiger charge is -2.31. The van der Waals surface area contributed by atoms with Crippen LogP contribution in [0.25, 0.3) is 0 Å². The molecule has 1 aromatic carbocycles. The number of likely N-dealkylation sites (tertiary alicyclic amines) is 2. The molecule has 3 aliphatic heterocycles. The van der Waals surface area contributed by atoms with Crippen molar-refractivity contribution in [2.24, 2.45) is 11.3 Å². The Morgan fingerprint density at radius 3 is 2.41 bits per heavy atom. The molecule has 3 aliphatic rings. The molecule has 0 unspecified atom stereocenters. The van der Waals surface area contributed by atoms with E-state index < -0.39 is 11.9 Å². The fourth-order valence-corrected chi connectivity index (χ4v) is 6.34. The third kappa shape index (κ3) is 6.86. The molecule has 0 aliphatic carbocycles. The van der Waals surface area contributed by atoms with Gasteiger partial charge in [-0.3, -0.25) is 19.3 Å². The summed E-state index contributed by atoms with van der Waals surface area (Å²) in [7, 11) is 0. The lowest BCUT2D eigenvalue weighted by atomic mass is 9.84. The lowest BCUT2D eigenvalue weighted by Crippen LogP contribution is -2.45. The molecular weight excluding hydrogens is 498 g/mol. The number of carbonyl (C=O) groups is 3. The first-order valence-electron chi connectivity index (χ1n) is 14.6. The van der Waals surface area contributed by atoms with Crippen molar-refractivity contribution < 1.29 is 29.0 Å². The highest BCUT2D eigenvalue weighted by Crippen LogP contribution is 2.43. The number of nitrogens with zero attached hydrogens (tertiary/aromatic N) is 3. The summed E-state index contributed by atoms with van der Waals surface area (Å²) in [6.45, 7) is 11.8. The molecule has 9 heteroatoms. The Morgan fingerprint density at radius 1 is 1.10 bits per heavy atom. The van der Waals surface area contributed by atoms with Gasteiger partial charge in [0.2, 0.25) is 18.6 Å². The van der Waals surface area contributed by atoms with Gasteiger partial charge in [0.05, 0.1) is 12.5 Å². The first-order chi connectivity index (χ1) is 18.6. The summed E-state index contributed by atoms with van der Waals surface area (Å²) in [6, 6.07) is 5.27. The van der Waals surface area contributed by atoms with Crippen molar-refractivity contribution >= 4 is 17.8 Å². The molecule has 3 atom stereocenters. The van der Waals surface area contributed by atoms with E-state index in [1.165, 1.54) is 0 Å². The van der Waals surface area contributed by atoms with Gasteiger partial charge in [0.15, 0.2) is 11.5 Å². The molecule has 39 heavy (non-hydrogen) atoms. The summed E-state index contributed by atoms with van der Waals surface area (Å²) < 4.78 is 11.0. The highest BCUT2D eigenvalue weighted by Gasteiger charge is 2.48. The van der Waals surface area contributed by atoms with E-state index in [4.69, 9.17) is 9.47 Å². The summed E-state index contributed by atoms with van der Waals surface area (Å²) in [5.41, 5.74) is 0.793. The Hall–Kier alpha value is -2.81. The first-order valence-corrected chi connectivity index (χ1v) is 14.6. The highest BCUT2D eigenvalue weighted by atomic mass is 16.7. The van der Waals surface area contributed by atoms with Gasteiger partial charge < -0.3 is 24.4 Å². The normalized spacial score (nSPS) is 23.9. The third-order valence-electron chi connectivity index (χ3n) is 8.41. The smallest absolute Gasteiger partial charge is 0.308 e. The number of hydrogen-bond donors (Lipinski definition) is 1. The molecule has 0 radical (unpaired) electrons. The van der Waals surface area contributed by atoms with Crippen molar-refractivity contribution in [3.05, 3.63) is 23.8 Å². The van der Waals surface area contributed by atoms with Crippen molar-refractivity contribution in [2.75, 3.05) is 46.1 Å². The van der Waals surface area contributed by atoms with Gasteiger partial charge in [0.25, 0.3) is 0 Å². The summed E-state index contributed by atoms with van der Waals surface area (Å²) in [6.07, 6.45) is 4.93. The van der Waals surface area contributed by atoms with Crippen molar-refractivity contribution in [1.29, 1.82) is 0 Å². The number of amides is 2. The Bertz CT molecular complexity index is 1040. The maximum Gasteiger partial charge on any atom is 0.308 e. The minimum absolute atomic E-state index is 0.0516. The molecule has 0 saturated carbocycles. The average Bonchev–Trinajstić information content (AvgIpc) is 3.56. The largest absolute Gasteiger partial charge is 0.481 e. The quantitative estimate of drug-likeness (QED) is 0.402. The predicted molar refractivity (Wildman–Crippen MR) is 148 cm³/mol. The van der Waals surface area contributed by atoms with Crippen molar-refractivity contribution in [1.82, 2.24) is 14.7 Å². The number of fused-ring (bicyclic) bond motifs is 1. The topological polar surface area (TPSA) is 99.6 Å². The Labute approximate surface area is 232 Å². The fraction of sp³-hybridized carbons (Fsp3) is 0.700. The summed E-state index contributed by atoms with van der Waals surface area (Å²) in [5, 5.41) is 10.5. The van der Waals surface area contributed by atoms with Crippen LogP contribution in [0, 0.1) is 11.3 Å². The number of carbonyl (C=O) groups excluding carboxylic acids is 2. The molecule has 9 nitrogen and oxygen atoms in total. The van der Waals surface area contributed by atoms with Gasteiger partial charge in [-0.05, 0) is 42.4 Å². The monoisotopic (exact) mass is 543 g/mol. The number of hydrogen-bond acceptors (Lipinski definition) is 6. The molecule has 4 rings (SSSR count). The van der Waals surface area contributed by atoms with Gasteiger partial charge in [-0.2, -0.15) is 0 Å². The summed E-state index contributed by atoms with van der Waals surface area (Å²) in [5.74, 6) is -0.438. The zero-order valence-electron chi connectivity index (χ0n) is 24.0. The van der Waals surface area contributed by atoms with Crippen molar-refractivity contribution in [3.63, 3.8) is 0 Å². The van der Waals surface area contributed by atoms with Gasteiger partial charge in [0, 0.05) is 51.1 Å². The van der Waals surface area contributed by atoms with Crippen LogP contribution >= 0.6 is 0 Å². The molecule has 0 aromatic heterocycles.